The van der Waals surface area contributed by atoms with Gasteiger partial charge in [-0.05, 0) is 55.8 Å². The molecule has 0 saturated carbocycles. The molecule has 2 fully saturated rings. The van der Waals surface area contributed by atoms with Crippen molar-refractivity contribution in [2.45, 2.75) is 38.3 Å². The fourth-order valence-corrected chi connectivity index (χ4v) is 4.71. The lowest BCUT2D eigenvalue weighted by Gasteiger charge is -2.31. The Hall–Kier alpha value is -2.17. The quantitative estimate of drug-likeness (QED) is 0.786. The Morgan fingerprint density at radius 3 is 2.14 bits per heavy atom. The summed E-state index contributed by atoms with van der Waals surface area (Å²) in [6.45, 7) is 5.62. The van der Waals surface area contributed by atoms with Crippen molar-refractivity contribution in [3.05, 3.63) is 71.8 Å². The molecule has 0 radical (unpaired) electrons. The second-order valence-electron chi connectivity index (χ2n) is 8.68. The van der Waals surface area contributed by atoms with E-state index >= 15 is 0 Å². The van der Waals surface area contributed by atoms with Crippen molar-refractivity contribution in [3.63, 3.8) is 0 Å². The molecule has 0 unspecified atom stereocenters. The third-order valence-corrected chi connectivity index (χ3v) is 6.33. The summed E-state index contributed by atoms with van der Waals surface area (Å²) < 4.78 is 0. The number of likely N-dealkylation sites (tertiary alicyclic amines) is 2. The fraction of sp³-hybridized carbons (Fsp3) is 0.480. The van der Waals surface area contributed by atoms with Crippen molar-refractivity contribution in [2.24, 2.45) is 5.92 Å². The lowest BCUT2D eigenvalue weighted by molar-refractivity contribution is -0.123. The Kier molecular flexibility index (Phi) is 6.96. The third kappa shape index (κ3) is 6.15. The SMILES string of the molecule is O=C(CN1CCC(Cc2ccccc2)CC1)N[C@H]1CCN(Cc2ccccc2)C1. The Labute approximate surface area is 174 Å². The first-order chi connectivity index (χ1) is 14.2. The lowest BCUT2D eigenvalue weighted by Crippen LogP contribution is -2.45. The van der Waals surface area contributed by atoms with E-state index in [2.05, 4.69) is 75.8 Å². The van der Waals surface area contributed by atoms with Crippen LogP contribution in [0.2, 0.25) is 0 Å². The van der Waals surface area contributed by atoms with Crippen molar-refractivity contribution in [1.82, 2.24) is 15.1 Å². The van der Waals surface area contributed by atoms with Gasteiger partial charge in [0.1, 0.15) is 0 Å². The van der Waals surface area contributed by atoms with Gasteiger partial charge in [0, 0.05) is 25.7 Å². The number of nitrogens with one attached hydrogen (secondary N) is 1. The average molecular weight is 392 g/mol. The van der Waals surface area contributed by atoms with Crippen LogP contribution in [0.5, 0.6) is 0 Å². The van der Waals surface area contributed by atoms with Gasteiger partial charge in [0.25, 0.3) is 0 Å². The molecule has 0 spiro atoms. The molecule has 0 aliphatic carbocycles. The molecule has 1 amide bonds. The van der Waals surface area contributed by atoms with E-state index in [0.717, 1.165) is 45.1 Å². The maximum absolute atomic E-state index is 12.5. The summed E-state index contributed by atoms with van der Waals surface area (Å²) in [4.78, 5) is 17.3. The van der Waals surface area contributed by atoms with E-state index < -0.39 is 0 Å². The van der Waals surface area contributed by atoms with Crippen LogP contribution in [0, 0.1) is 5.92 Å². The van der Waals surface area contributed by atoms with Gasteiger partial charge in [0.05, 0.1) is 6.54 Å². The van der Waals surface area contributed by atoms with Crippen molar-refractivity contribution in [1.29, 1.82) is 0 Å². The van der Waals surface area contributed by atoms with Crippen LogP contribution in [0.3, 0.4) is 0 Å². The highest BCUT2D eigenvalue weighted by atomic mass is 16.2. The van der Waals surface area contributed by atoms with E-state index in [0.29, 0.717) is 12.6 Å². The fourth-order valence-electron chi connectivity index (χ4n) is 4.71. The molecule has 0 aromatic heterocycles. The molecule has 4 rings (SSSR count). The van der Waals surface area contributed by atoms with Crippen LogP contribution in [-0.2, 0) is 17.8 Å². The van der Waals surface area contributed by atoms with Crippen molar-refractivity contribution in [3.8, 4) is 0 Å². The first-order valence-corrected chi connectivity index (χ1v) is 11.1. The molecule has 1 N–H and O–H groups in total. The van der Waals surface area contributed by atoms with Crippen LogP contribution in [0.15, 0.2) is 60.7 Å². The smallest absolute Gasteiger partial charge is 0.234 e. The number of carbonyl (C=O) groups excluding carboxylic acids is 1. The summed E-state index contributed by atoms with van der Waals surface area (Å²) in [7, 11) is 0. The van der Waals surface area contributed by atoms with Gasteiger partial charge in [-0.25, -0.2) is 0 Å². The first-order valence-electron chi connectivity index (χ1n) is 11.1. The monoisotopic (exact) mass is 391 g/mol. The highest BCUT2D eigenvalue weighted by Crippen LogP contribution is 2.21. The number of benzene rings is 2. The Bertz CT molecular complexity index is 756. The highest BCUT2D eigenvalue weighted by Gasteiger charge is 2.25. The van der Waals surface area contributed by atoms with Gasteiger partial charge in [-0.2, -0.15) is 0 Å². The summed E-state index contributed by atoms with van der Waals surface area (Å²) in [5.74, 6) is 0.941. The second kappa shape index (κ2) is 10.0. The zero-order valence-corrected chi connectivity index (χ0v) is 17.3. The Morgan fingerprint density at radius 1 is 0.828 bits per heavy atom. The zero-order valence-electron chi connectivity index (χ0n) is 17.3. The van der Waals surface area contributed by atoms with E-state index in [1.807, 2.05) is 0 Å². The molecular formula is C25H33N3O. The number of nitrogens with zero attached hydrogens (tertiary/aromatic N) is 2. The average Bonchev–Trinajstić information content (AvgIpc) is 3.17. The first kappa shape index (κ1) is 20.1. The summed E-state index contributed by atoms with van der Waals surface area (Å²) in [6.07, 6.45) is 4.60. The highest BCUT2D eigenvalue weighted by molar-refractivity contribution is 5.78. The molecule has 0 bridgehead atoms. The summed E-state index contributed by atoms with van der Waals surface area (Å²) in [5.41, 5.74) is 2.78. The molecule has 29 heavy (non-hydrogen) atoms. The molecule has 2 aromatic carbocycles. The van der Waals surface area contributed by atoms with Gasteiger partial charge in [0.15, 0.2) is 0 Å². The molecule has 1 atom stereocenters. The third-order valence-electron chi connectivity index (χ3n) is 6.33. The van der Waals surface area contributed by atoms with E-state index in [1.54, 1.807) is 0 Å². The molecular weight excluding hydrogens is 358 g/mol. The van der Waals surface area contributed by atoms with Crippen molar-refractivity contribution in [2.75, 3.05) is 32.7 Å². The number of carbonyl (C=O) groups is 1. The van der Waals surface area contributed by atoms with Crippen LogP contribution < -0.4 is 5.32 Å². The standard InChI is InChI=1S/C25H33N3O/c29-25(26-24-13-16-28(19-24)18-23-9-5-2-6-10-23)20-27-14-11-22(12-15-27)17-21-7-3-1-4-8-21/h1-10,22,24H,11-20H2,(H,26,29)/t24-/m0/s1. The molecule has 2 aliphatic rings. The van der Waals surface area contributed by atoms with E-state index in [-0.39, 0.29) is 5.91 Å². The maximum atomic E-state index is 12.5. The van der Waals surface area contributed by atoms with Gasteiger partial charge < -0.3 is 5.32 Å². The number of hydrogen-bond acceptors (Lipinski definition) is 3. The minimum absolute atomic E-state index is 0.193. The molecule has 4 heteroatoms. The maximum Gasteiger partial charge on any atom is 0.234 e. The van der Waals surface area contributed by atoms with Crippen molar-refractivity contribution >= 4 is 5.91 Å². The van der Waals surface area contributed by atoms with Crippen LogP contribution >= 0.6 is 0 Å². The van der Waals surface area contributed by atoms with E-state index in [1.165, 1.54) is 30.4 Å². The zero-order chi connectivity index (χ0) is 19.9. The predicted octanol–water partition coefficient (Wildman–Crippen LogP) is 3.33. The van der Waals surface area contributed by atoms with Crippen LogP contribution in [0.1, 0.15) is 30.4 Å². The van der Waals surface area contributed by atoms with E-state index in [4.69, 9.17) is 0 Å². The number of piperidine rings is 1. The molecule has 4 nitrogen and oxygen atoms in total. The lowest BCUT2D eigenvalue weighted by atomic mass is 9.90. The second-order valence-corrected chi connectivity index (χ2v) is 8.68. The van der Waals surface area contributed by atoms with Gasteiger partial charge in [-0.3, -0.25) is 14.6 Å². The van der Waals surface area contributed by atoms with Gasteiger partial charge in [-0.1, -0.05) is 60.7 Å². The van der Waals surface area contributed by atoms with Crippen LogP contribution in [0.4, 0.5) is 0 Å². The summed E-state index contributed by atoms with van der Waals surface area (Å²) in [6, 6.07) is 21.7. The molecule has 154 valence electrons. The van der Waals surface area contributed by atoms with Crippen molar-refractivity contribution < 1.29 is 4.79 Å². The van der Waals surface area contributed by atoms with Crippen LogP contribution in [-0.4, -0.2) is 54.5 Å². The minimum Gasteiger partial charge on any atom is -0.351 e. The molecule has 2 aliphatic heterocycles. The number of hydrogen-bond donors (Lipinski definition) is 1. The predicted molar refractivity (Wildman–Crippen MR) is 118 cm³/mol. The normalized spacial score (nSPS) is 21.3. The van der Waals surface area contributed by atoms with Gasteiger partial charge in [-0.15, -0.1) is 0 Å². The topological polar surface area (TPSA) is 35.6 Å². The van der Waals surface area contributed by atoms with Crippen LogP contribution in [0.25, 0.3) is 0 Å². The summed E-state index contributed by atoms with van der Waals surface area (Å²) >= 11 is 0. The Morgan fingerprint density at radius 2 is 1.45 bits per heavy atom. The molecule has 2 heterocycles. The number of amides is 1. The largest absolute Gasteiger partial charge is 0.351 e. The minimum atomic E-state index is 0.193. The molecule has 2 aromatic rings. The number of rotatable bonds is 7. The Balaban J connectivity index is 1.14. The van der Waals surface area contributed by atoms with Gasteiger partial charge in [0.2, 0.25) is 5.91 Å². The van der Waals surface area contributed by atoms with Gasteiger partial charge >= 0.3 is 0 Å². The molecule has 2 saturated heterocycles. The van der Waals surface area contributed by atoms with E-state index in [9.17, 15) is 4.79 Å². The summed E-state index contributed by atoms with van der Waals surface area (Å²) in [5, 5.41) is 3.27.